The van der Waals surface area contributed by atoms with E-state index in [1.165, 1.54) is 0 Å². The number of nitrogens with one attached hydrogen (secondary N) is 1. The molecule has 1 fully saturated rings. The van der Waals surface area contributed by atoms with Crippen LogP contribution in [0.3, 0.4) is 0 Å². The van der Waals surface area contributed by atoms with Crippen molar-refractivity contribution in [3.8, 4) is 5.75 Å². The Morgan fingerprint density at radius 1 is 1.58 bits per heavy atom. The number of rotatable bonds is 4. The van der Waals surface area contributed by atoms with Crippen molar-refractivity contribution in [2.24, 2.45) is 11.7 Å². The van der Waals surface area contributed by atoms with Gasteiger partial charge in [-0.25, -0.2) is 0 Å². The van der Waals surface area contributed by atoms with Crippen LogP contribution in [-0.2, 0) is 4.79 Å². The van der Waals surface area contributed by atoms with Gasteiger partial charge in [0.25, 0.3) is 0 Å². The Morgan fingerprint density at radius 2 is 2.37 bits per heavy atom. The first-order valence-corrected chi connectivity index (χ1v) is 7.55. The van der Waals surface area contributed by atoms with Crippen LogP contribution in [0.15, 0.2) is 18.2 Å². The molecule has 0 spiro atoms. The molecule has 1 aromatic carbocycles. The highest BCUT2D eigenvalue weighted by Crippen LogP contribution is 2.31. The molecule has 1 aliphatic heterocycles. The smallest absolute Gasteiger partial charge is 0.228 e. The molecule has 0 aliphatic carbocycles. The highest BCUT2D eigenvalue weighted by molar-refractivity contribution is 7.99. The highest BCUT2D eigenvalue weighted by Gasteiger charge is 2.25. The summed E-state index contributed by atoms with van der Waals surface area (Å²) in [4.78, 5) is 12.4. The van der Waals surface area contributed by atoms with E-state index in [9.17, 15) is 4.79 Å². The van der Waals surface area contributed by atoms with Gasteiger partial charge in [-0.2, -0.15) is 11.8 Å². The quantitative estimate of drug-likeness (QED) is 0.832. The first-order chi connectivity index (χ1) is 9.13. The monoisotopic (exact) mass is 296 g/mol. The molecule has 102 valence electrons. The number of methoxy groups -OCH3 is 1. The second-order valence-corrected chi connectivity index (χ2v) is 5.89. The van der Waals surface area contributed by atoms with Crippen molar-refractivity contribution in [1.82, 2.24) is 0 Å². The van der Waals surface area contributed by atoms with E-state index in [0.29, 0.717) is 17.0 Å². The lowest BCUT2D eigenvalue weighted by atomic mass is 10.1. The molecular weight excluding hydrogens is 280 g/mol. The van der Waals surface area contributed by atoms with Gasteiger partial charge in [-0.3, -0.25) is 4.79 Å². The summed E-state index contributed by atoms with van der Waals surface area (Å²) in [5.41, 5.74) is 6.89. The van der Waals surface area contributed by atoms with Crippen molar-refractivity contribution in [3.05, 3.63) is 23.8 Å². The van der Waals surface area contributed by atoms with E-state index in [1.807, 2.05) is 0 Å². The minimum atomic E-state index is 0.00648. The number of carbonyl (C=O) groups excluding carboxylic acids is 1. The van der Waals surface area contributed by atoms with Crippen LogP contribution in [0.2, 0.25) is 0 Å². The molecule has 0 saturated carbocycles. The van der Waals surface area contributed by atoms with Gasteiger partial charge in [-0.1, -0.05) is 18.3 Å². The molecule has 6 heteroatoms. The Kier molecular flexibility index (Phi) is 4.66. The Balaban J connectivity index is 2.26. The largest absolute Gasteiger partial charge is 0.495 e. The predicted octanol–water partition coefficient (Wildman–Crippen LogP) is 2.02. The van der Waals surface area contributed by atoms with E-state index >= 15 is 0 Å². The summed E-state index contributed by atoms with van der Waals surface area (Å²) < 4.78 is 5.26. The zero-order chi connectivity index (χ0) is 13.8. The van der Waals surface area contributed by atoms with Crippen molar-refractivity contribution < 1.29 is 9.53 Å². The number of carbonyl (C=O) groups is 1. The van der Waals surface area contributed by atoms with Crippen LogP contribution < -0.4 is 15.8 Å². The first kappa shape index (κ1) is 14.1. The molecule has 1 aromatic rings. The fourth-order valence-electron chi connectivity index (χ4n) is 2.00. The van der Waals surface area contributed by atoms with E-state index in [0.717, 1.165) is 17.9 Å². The third-order valence-electron chi connectivity index (χ3n) is 3.06. The number of ether oxygens (including phenoxy) is 1. The molecule has 1 heterocycles. The third kappa shape index (κ3) is 3.19. The molecule has 1 aliphatic rings. The maximum absolute atomic E-state index is 12.2. The average molecular weight is 296 g/mol. The maximum atomic E-state index is 12.2. The summed E-state index contributed by atoms with van der Waals surface area (Å²) in [5.74, 6) is 2.53. The normalized spacial score (nSPS) is 18.1. The van der Waals surface area contributed by atoms with Crippen molar-refractivity contribution >= 4 is 40.6 Å². The molecule has 1 amide bonds. The summed E-state index contributed by atoms with van der Waals surface area (Å²) in [5, 5.41) is 2.91. The number of benzene rings is 1. The van der Waals surface area contributed by atoms with E-state index in [2.05, 4.69) is 5.32 Å². The van der Waals surface area contributed by atoms with E-state index < -0.39 is 0 Å². The second kappa shape index (κ2) is 6.25. The Hall–Kier alpha value is -1.27. The van der Waals surface area contributed by atoms with Gasteiger partial charge in [0.05, 0.1) is 12.8 Å². The fraction of sp³-hybridized carbons (Fsp3) is 0.385. The molecule has 3 N–H and O–H groups in total. The van der Waals surface area contributed by atoms with Crippen LogP contribution in [0.4, 0.5) is 5.69 Å². The lowest BCUT2D eigenvalue weighted by Gasteiger charge is -2.16. The third-order valence-corrected chi connectivity index (χ3v) is 4.44. The van der Waals surface area contributed by atoms with Gasteiger partial charge < -0.3 is 15.8 Å². The number of hydrogen-bond acceptors (Lipinski definition) is 4. The molecule has 2 rings (SSSR count). The summed E-state index contributed by atoms with van der Waals surface area (Å²) in [7, 11) is 1.56. The number of para-hydroxylation sites is 1. The fourth-order valence-corrected chi connectivity index (χ4v) is 3.39. The van der Waals surface area contributed by atoms with Crippen LogP contribution in [0.1, 0.15) is 12.0 Å². The average Bonchev–Trinajstić information content (AvgIpc) is 2.92. The van der Waals surface area contributed by atoms with Gasteiger partial charge in [0.1, 0.15) is 10.7 Å². The van der Waals surface area contributed by atoms with Crippen LogP contribution in [0.25, 0.3) is 0 Å². The molecule has 1 saturated heterocycles. The van der Waals surface area contributed by atoms with Gasteiger partial charge in [0.2, 0.25) is 5.91 Å². The molecular formula is C13H16N2O2S2. The number of thioether (sulfide) groups is 1. The predicted molar refractivity (Wildman–Crippen MR) is 82.9 cm³/mol. The number of thiocarbonyl (C=S) groups is 1. The van der Waals surface area contributed by atoms with Crippen LogP contribution in [0.5, 0.6) is 5.75 Å². The molecule has 1 atom stereocenters. The number of hydrogen-bond donors (Lipinski definition) is 2. The van der Waals surface area contributed by atoms with Crippen molar-refractivity contribution in [3.63, 3.8) is 0 Å². The second-order valence-electron chi connectivity index (χ2n) is 4.30. The summed E-state index contributed by atoms with van der Waals surface area (Å²) in [6.45, 7) is 0. The van der Waals surface area contributed by atoms with Gasteiger partial charge >= 0.3 is 0 Å². The van der Waals surface area contributed by atoms with Gasteiger partial charge in [0, 0.05) is 17.2 Å². The van der Waals surface area contributed by atoms with Gasteiger partial charge in [-0.15, -0.1) is 0 Å². The molecule has 0 aromatic heterocycles. The molecule has 0 radical (unpaired) electrons. The lowest BCUT2D eigenvalue weighted by molar-refractivity contribution is -0.119. The first-order valence-electron chi connectivity index (χ1n) is 5.99. The van der Waals surface area contributed by atoms with Crippen LogP contribution in [0, 0.1) is 5.92 Å². The van der Waals surface area contributed by atoms with E-state index in [4.69, 9.17) is 22.7 Å². The zero-order valence-corrected chi connectivity index (χ0v) is 12.3. The minimum absolute atomic E-state index is 0.00648. The summed E-state index contributed by atoms with van der Waals surface area (Å²) in [6, 6.07) is 5.36. The van der Waals surface area contributed by atoms with Crippen molar-refractivity contribution in [2.45, 2.75) is 6.42 Å². The number of amides is 1. The molecule has 0 bridgehead atoms. The van der Waals surface area contributed by atoms with Gasteiger partial charge in [0.15, 0.2) is 0 Å². The van der Waals surface area contributed by atoms with Crippen molar-refractivity contribution in [2.75, 3.05) is 23.9 Å². The van der Waals surface area contributed by atoms with Crippen LogP contribution in [-0.4, -0.2) is 29.5 Å². The number of nitrogens with two attached hydrogens (primary N) is 1. The standard InChI is InChI=1S/C13H16N2O2S2/c1-17-10-4-2-3-9(12(14)18)11(10)15-13(16)8-5-6-19-7-8/h2-4,8H,5-7H2,1H3,(H2,14,18)(H,15,16). The topological polar surface area (TPSA) is 64.3 Å². The lowest BCUT2D eigenvalue weighted by Crippen LogP contribution is -2.24. The molecule has 19 heavy (non-hydrogen) atoms. The summed E-state index contributed by atoms with van der Waals surface area (Å²) >= 11 is 6.81. The zero-order valence-electron chi connectivity index (χ0n) is 10.6. The van der Waals surface area contributed by atoms with Crippen LogP contribution >= 0.6 is 24.0 Å². The maximum Gasteiger partial charge on any atom is 0.228 e. The molecule has 1 unspecified atom stereocenters. The SMILES string of the molecule is COc1cccc(C(N)=S)c1NC(=O)C1CCSC1. The highest BCUT2D eigenvalue weighted by atomic mass is 32.2. The Labute approximate surface area is 122 Å². The van der Waals surface area contributed by atoms with E-state index in [-0.39, 0.29) is 16.8 Å². The van der Waals surface area contributed by atoms with Gasteiger partial charge in [-0.05, 0) is 24.3 Å². The number of anilines is 1. The Morgan fingerprint density at radius 3 is 2.95 bits per heavy atom. The summed E-state index contributed by atoms with van der Waals surface area (Å²) in [6.07, 6.45) is 0.911. The van der Waals surface area contributed by atoms with Crippen molar-refractivity contribution in [1.29, 1.82) is 0 Å². The van der Waals surface area contributed by atoms with E-state index in [1.54, 1.807) is 37.1 Å². The minimum Gasteiger partial charge on any atom is -0.495 e. The molecule has 4 nitrogen and oxygen atoms in total. The Bertz CT molecular complexity index is 499.